The van der Waals surface area contributed by atoms with Crippen molar-refractivity contribution in [2.24, 2.45) is 0 Å². The molecule has 1 aliphatic rings. The molecular formula is C21H23N10O+. The standard InChI is InChI=1S/C21H22N10O/c1-23-6-7-32-19-5-4-15(8-18(19)30-12-25-26-13-30)28-20-9-17(27-14-2-3-14)21-24-11-16(10-22)31(21)29-20/h4-5,8-9,11-14,23,27H,2-3,6-7H2,1H3,(H,28,29)/p+1. The van der Waals surface area contributed by atoms with Crippen LogP contribution in [0.1, 0.15) is 18.5 Å². The number of nitriles is 1. The van der Waals surface area contributed by atoms with Crippen LogP contribution in [0.15, 0.2) is 43.1 Å². The third-order valence-electron chi connectivity index (χ3n) is 5.11. The number of nitrogens with one attached hydrogen (secondary N) is 2. The van der Waals surface area contributed by atoms with E-state index in [9.17, 15) is 5.26 Å². The van der Waals surface area contributed by atoms with Crippen LogP contribution >= 0.6 is 0 Å². The number of rotatable bonds is 9. The van der Waals surface area contributed by atoms with Crippen LogP contribution in [0.25, 0.3) is 11.3 Å². The van der Waals surface area contributed by atoms with Gasteiger partial charge in [-0.1, -0.05) is 0 Å². The first-order chi connectivity index (χ1) is 15.7. The van der Waals surface area contributed by atoms with Crippen LogP contribution in [-0.2, 0) is 0 Å². The summed E-state index contributed by atoms with van der Waals surface area (Å²) >= 11 is 0. The lowest BCUT2D eigenvalue weighted by Gasteiger charge is -2.15. The monoisotopic (exact) mass is 431 g/mol. The molecule has 3 aromatic heterocycles. The highest BCUT2D eigenvalue weighted by molar-refractivity contribution is 5.74. The second kappa shape index (κ2) is 8.52. The molecule has 32 heavy (non-hydrogen) atoms. The molecule has 0 atom stereocenters. The number of aromatic nitrogens is 6. The summed E-state index contributed by atoms with van der Waals surface area (Å²) in [6.07, 6.45) is 7.05. The van der Waals surface area contributed by atoms with E-state index in [1.54, 1.807) is 21.7 Å². The Morgan fingerprint density at radius 3 is 2.84 bits per heavy atom. The molecule has 0 spiro atoms. The van der Waals surface area contributed by atoms with Gasteiger partial charge in [-0.3, -0.25) is 4.57 Å². The Kier molecular flexibility index (Phi) is 5.27. The summed E-state index contributed by atoms with van der Waals surface area (Å²) in [6, 6.07) is 10.3. The fourth-order valence-electron chi connectivity index (χ4n) is 3.34. The summed E-state index contributed by atoms with van der Waals surface area (Å²) in [4.78, 5) is 4.36. The molecule has 11 nitrogen and oxygen atoms in total. The van der Waals surface area contributed by atoms with E-state index in [1.165, 1.54) is 6.20 Å². The van der Waals surface area contributed by atoms with Crippen LogP contribution in [0.4, 0.5) is 17.2 Å². The van der Waals surface area contributed by atoms with Gasteiger partial charge in [-0.2, -0.15) is 9.78 Å². The molecule has 0 unspecified atom stereocenters. The molecule has 0 saturated heterocycles. The zero-order valence-electron chi connectivity index (χ0n) is 17.6. The zero-order chi connectivity index (χ0) is 21.9. The van der Waals surface area contributed by atoms with E-state index in [2.05, 4.69) is 42.3 Å². The van der Waals surface area contributed by atoms with Crippen molar-refractivity contribution in [1.82, 2.24) is 29.4 Å². The molecule has 4 aromatic rings. The highest BCUT2D eigenvalue weighted by Crippen LogP contribution is 2.31. The lowest BCUT2D eigenvalue weighted by molar-refractivity contribution is -0.627. The zero-order valence-corrected chi connectivity index (χ0v) is 17.6. The fraction of sp³-hybridized carbons (Fsp3) is 0.286. The van der Waals surface area contributed by atoms with Crippen molar-refractivity contribution in [3.05, 3.63) is 48.8 Å². The summed E-state index contributed by atoms with van der Waals surface area (Å²) < 4.78 is 9.31. The average molecular weight is 431 g/mol. The third kappa shape index (κ3) is 4.03. The highest BCUT2D eigenvalue weighted by atomic mass is 16.5. The number of likely N-dealkylation sites (N-methyl/N-ethyl adjacent to an activating group) is 1. The fourth-order valence-corrected chi connectivity index (χ4v) is 3.34. The quantitative estimate of drug-likeness (QED) is 0.335. The second-order valence-electron chi connectivity index (χ2n) is 7.57. The van der Waals surface area contributed by atoms with E-state index < -0.39 is 0 Å². The minimum absolute atomic E-state index is 0.379. The number of nitrogens with two attached hydrogens (primary N) is 1. The summed E-state index contributed by atoms with van der Waals surface area (Å²) in [6.45, 7) is 1.44. The number of ether oxygens (including phenoxy) is 1. The van der Waals surface area contributed by atoms with Gasteiger partial charge in [-0.05, 0) is 31.0 Å². The van der Waals surface area contributed by atoms with Crippen LogP contribution in [0.3, 0.4) is 0 Å². The second-order valence-corrected chi connectivity index (χ2v) is 7.57. The van der Waals surface area contributed by atoms with E-state index in [4.69, 9.17) is 4.74 Å². The van der Waals surface area contributed by atoms with E-state index in [1.807, 2.05) is 31.3 Å². The Balaban J connectivity index is 1.49. The van der Waals surface area contributed by atoms with Gasteiger partial charge >= 0.3 is 0 Å². The molecule has 1 aliphatic carbocycles. The predicted molar refractivity (Wildman–Crippen MR) is 117 cm³/mol. The van der Waals surface area contributed by atoms with Gasteiger partial charge < -0.3 is 20.7 Å². The number of benzene rings is 1. The van der Waals surface area contributed by atoms with Gasteiger partial charge in [0.2, 0.25) is 0 Å². The van der Waals surface area contributed by atoms with Gasteiger partial charge in [0.25, 0.3) is 0 Å². The normalized spacial score (nSPS) is 13.1. The Morgan fingerprint density at radius 2 is 2.09 bits per heavy atom. The van der Waals surface area contributed by atoms with E-state index >= 15 is 0 Å². The highest BCUT2D eigenvalue weighted by Gasteiger charge is 2.23. The average Bonchev–Trinajstić information content (AvgIpc) is 3.28. The predicted octanol–water partition coefficient (Wildman–Crippen LogP) is 1.07. The largest absolute Gasteiger partial charge is 0.486 e. The maximum absolute atomic E-state index is 9.43. The van der Waals surface area contributed by atoms with Crippen LogP contribution in [0.2, 0.25) is 0 Å². The first-order valence-electron chi connectivity index (χ1n) is 10.5. The molecule has 5 rings (SSSR count). The molecule has 1 aromatic carbocycles. The molecule has 0 aliphatic heterocycles. The number of fused-ring (bicyclic) bond motifs is 1. The molecule has 11 heteroatoms. The summed E-state index contributed by atoms with van der Waals surface area (Å²) in [7, 11) is 2.01. The van der Waals surface area contributed by atoms with Gasteiger partial charge in [-0.15, -0.1) is 15.3 Å². The lowest BCUT2D eigenvalue weighted by Crippen LogP contribution is -2.80. The maximum Gasteiger partial charge on any atom is 0.178 e. The topological polar surface area (TPSA) is 135 Å². The Morgan fingerprint density at radius 1 is 1.25 bits per heavy atom. The minimum atomic E-state index is 0.379. The van der Waals surface area contributed by atoms with Crippen LogP contribution in [0.5, 0.6) is 5.75 Å². The number of hydrogen-bond acceptors (Lipinski definition) is 8. The van der Waals surface area contributed by atoms with Gasteiger partial charge in [0, 0.05) is 17.8 Å². The SMILES string of the molecule is C[NH2+]CCOc1ccc(Nc2cc(NC3CC3)c3ncc(C#N)n3n2)cc1-n1cnnc1. The molecule has 4 N–H and O–H groups in total. The first-order valence-corrected chi connectivity index (χ1v) is 10.5. The number of nitrogens with zero attached hydrogens (tertiary/aromatic N) is 7. The Labute approximate surface area is 184 Å². The molecule has 162 valence electrons. The third-order valence-corrected chi connectivity index (χ3v) is 5.11. The molecule has 1 saturated carbocycles. The molecule has 0 bridgehead atoms. The van der Waals surface area contributed by atoms with Crippen molar-refractivity contribution in [3.8, 4) is 17.5 Å². The van der Waals surface area contributed by atoms with Gasteiger partial charge in [-0.25, -0.2) is 4.98 Å². The molecule has 3 heterocycles. The van der Waals surface area contributed by atoms with E-state index in [0.717, 1.165) is 42.2 Å². The van der Waals surface area contributed by atoms with E-state index in [0.29, 0.717) is 29.8 Å². The Bertz CT molecular complexity index is 1270. The van der Waals surface area contributed by atoms with Gasteiger partial charge in [0.15, 0.2) is 17.2 Å². The van der Waals surface area contributed by atoms with Crippen LogP contribution in [0, 0.1) is 11.3 Å². The number of anilines is 3. The van der Waals surface area contributed by atoms with Crippen LogP contribution < -0.4 is 20.7 Å². The summed E-state index contributed by atoms with van der Waals surface area (Å²) in [5, 5.41) is 30.7. The number of quaternary nitrogens is 1. The van der Waals surface area contributed by atoms with Crippen molar-refractivity contribution in [3.63, 3.8) is 0 Å². The van der Waals surface area contributed by atoms with Crippen molar-refractivity contribution >= 4 is 22.8 Å². The van der Waals surface area contributed by atoms with Gasteiger partial charge in [0.1, 0.15) is 37.6 Å². The van der Waals surface area contributed by atoms with Crippen molar-refractivity contribution < 1.29 is 10.1 Å². The van der Waals surface area contributed by atoms with Gasteiger partial charge in [0.05, 0.1) is 24.6 Å². The summed E-state index contributed by atoms with van der Waals surface area (Å²) in [5.41, 5.74) is 3.49. The van der Waals surface area contributed by atoms with Crippen molar-refractivity contribution in [2.75, 3.05) is 30.8 Å². The number of imidazole rings is 1. The first kappa shape index (κ1) is 19.8. The lowest BCUT2D eigenvalue weighted by atomic mass is 10.2. The molecule has 1 fully saturated rings. The molecule has 0 radical (unpaired) electrons. The van der Waals surface area contributed by atoms with Crippen molar-refractivity contribution in [1.29, 1.82) is 5.26 Å². The molecule has 0 amide bonds. The Hall–Kier alpha value is -4.17. The maximum atomic E-state index is 9.43. The molecular weight excluding hydrogens is 408 g/mol. The van der Waals surface area contributed by atoms with Crippen molar-refractivity contribution in [2.45, 2.75) is 18.9 Å². The summed E-state index contributed by atoms with van der Waals surface area (Å²) in [5.74, 6) is 1.33. The smallest absolute Gasteiger partial charge is 0.178 e. The number of hydrogen-bond donors (Lipinski definition) is 3. The minimum Gasteiger partial charge on any atom is -0.486 e. The van der Waals surface area contributed by atoms with E-state index in [-0.39, 0.29) is 0 Å². The van der Waals surface area contributed by atoms with Crippen LogP contribution in [-0.4, -0.2) is 55.6 Å².